The first-order chi connectivity index (χ1) is 12.2. The Labute approximate surface area is 154 Å². The van der Waals surface area contributed by atoms with Crippen LogP contribution in [0.4, 0.5) is 5.13 Å². The Morgan fingerprint density at radius 2 is 1.92 bits per heavy atom. The van der Waals surface area contributed by atoms with Crippen LogP contribution in [0.25, 0.3) is 10.6 Å². The maximum atomic E-state index is 12.2. The molecule has 1 N–H and O–H groups in total. The summed E-state index contributed by atoms with van der Waals surface area (Å²) in [6.07, 6.45) is 0.924. The molecule has 5 nitrogen and oxygen atoms in total. The predicted octanol–water partition coefficient (Wildman–Crippen LogP) is 4.44. The number of methoxy groups -OCH3 is 1. The molecule has 0 aliphatic rings. The Kier molecular flexibility index (Phi) is 5.63. The van der Waals surface area contributed by atoms with Crippen LogP contribution in [-0.4, -0.2) is 23.2 Å². The molecule has 1 heterocycles. The van der Waals surface area contributed by atoms with E-state index in [9.17, 15) is 4.79 Å². The Morgan fingerprint density at radius 3 is 2.72 bits per heavy atom. The summed E-state index contributed by atoms with van der Waals surface area (Å²) in [7, 11) is 1.62. The molecular formula is C18H16ClN3O2S. The van der Waals surface area contributed by atoms with Crippen LogP contribution < -0.4 is 10.1 Å². The van der Waals surface area contributed by atoms with Crippen LogP contribution in [0.5, 0.6) is 5.75 Å². The summed E-state index contributed by atoms with van der Waals surface area (Å²) in [6.45, 7) is 0. The summed E-state index contributed by atoms with van der Waals surface area (Å²) in [6, 6.07) is 15.1. The van der Waals surface area contributed by atoms with Crippen LogP contribution in [0, 0.1) is 0 Å². The molecule has 1 amide bonds. The number of benzene rings is 2. The lowest BCUT2D eigenvalue weighted by atomic mass is 10.1. The number of rotatable bonds is 6. The van der Waals surface area contributed by atoms with Crippen molar-refractivity contribution in [1.29, 1.82) is 0 Å². The third kappa shape index (κ3) is 4.35. The molecule has 0 aliphatic carbocycles. The van der Waals surface area contributed by atoms with E-state index in [0.29, 0.717) is 28.0 Å². The largest absolute Gasteiger partial charge is 0.496 e. The highest BCUT2D eigenvalue weighted by atomic mass is 35.5. The van der Waals surface area contributed by atoms with Crippen molar-refractivity contribution in [1.82, 2.24) is 10.2 Å². The number of nitrogens with one attached hydrogen (secondary N) is 1. The summed E-state index contributed by atoms with van der Waals surface area (Å²) in [5.74, 6) is 0.667. The zero-order valence-corrected chi connectivity index (χ0v) is 15.1. The molecule has 0 aliphatic heterocycles. The summed E-state index contributed by atoms with van der Waals surface area (Å²) in [4.78, 5) is 12.2. The van der Waals surface area contributed by atoms with Gasteiger partial charge in [-0.25, -0.2) is 0 Å². The summed E-state index contributed by atoms with van der Waals surface area (Å²) in [5.41, 5.74) is 1.80. The molecule has 2 aromatic carbocycles. The van der Waals surface area contributed by atoms with Gasteiger partial charge in [0.15, 0.2) is 5.01 Å². The predicted molar refractivity (Wildman–Crippen MR) is 100 cm³/mol. The first-order valence-corrected chi connectivity index (χ1v) is 8.87. The highest BCUT2D eigenvalue weighted by Crippen LogP contribution is 2.31. The fraction of sp³-hybridized carbons (Fsp3) is 0.167. The Bertz CT molecular complexity index is 882. The zero-order chi connectivity index (χ0) is 17.6. The minimum absolute atomic E-state index is 0.118. The van der Waals surface area contributed by atoms with E-state index in [4.69, 9.17) is 16.3 Å². The number of aromatic nitrogens is 2. The molecule has 0 bridgehead atoms. The van der Waals surface area contributed by atoms with Crippen molar-refractivity contribution in [3.05, 3.63) is 59.1 Å². The average Bonchev–Trinajstić information content (AvgIpc) is 3.08. The highest BCUT2D eigenvalue weighted by molar-refractivity contribution is 7.18. The Morgan fingerprint density at radius 1 is 1.16 bits per heavy atom. The number of halogens is 1. The smallest absolute Gasteiger partial charge is 0.226 e. The van der Waals surface area contributed by atoms with E-state index in [0.717, 1.165) is 16.9 Å². The lowest BCUT2D eigenvalue weighted by Crippen LogP contribution is -2.12. The lowest BCUT2D eigenvalue weighted by Gasteiger charge is -2.07. The minimum atomic E-state index is -0.118. The number of hydrogen-bond acceptors (Lipinski definition) is 5. The van der Waals surface area contributed by atoms with Crippen molar-refractivity contribution in [2.75, 3.05) is 12.4 Å². The molecule has 0 saturated heterocycles. The van der Waals surface area contributed by atoms with E-state index in [1.807, 2.05) is 42.5 Å². The van der Waals surface area contributed by atoms with Gasteiger partial charge in [0, 0.05) is 12.0 Å². The van der Waals surface area contributed by atoms with Gasteiger partial charge in [0.2, 0.25) is 11.0 Å². The average molecular weight is 374 g/mol. The SMILES string of the molecule is COc1ccccc1CCC(=O)Nc1nnc(-c2ccccc2Cl)s1. The number of nitrogens with zero attached hydrogens (tertiary/aromatic N) is 2. The van der Waals surface area contributed by atoms with Crippen LogP contribution in [0.15, 0.2) is 48.5 Å². The normalized spacial score (nSPS) is 10.5. The summed E-state index contributed by atoms with van der Waals surface area (Å²) < 4.78 is 5.29. The van der Waals surface area contributed by atoms with Gasteiger partial charge in [-0.1, -0.05) is 59.3 Å². The zero-order valence-electron chi connectivity index (χ0n) is 13.5. The van der Waals surface area contributed by atoms with Gasteiger partial charge >= 0.3 is 0 Å². The van der Waals surface area contributed by atoms with Crippen LogP contribution in [0.3, 0.4) is 0 Å². The van der Waals surface area contributed by atoms with Gasteiger partial charge in [0.25, 0.3) is 0 Å². The van der Waals surface area contributed by atoms with Gasteiger partial charge in [0.05, 0.1) is 12.1 Å². The second-order valence-corrected chi connectivity index (χ2v) is 6.64. The van der Waals surface area contributed by atoms with Crippen LogP contribution in [0.2, 0.25) is 5.02 Å². The first-order valence-electron chi connectivity index (χ1n) is 7.67. The molecule has 3 rings (SSSR count). The van der Waals surface area contributed by atoms with E-state index < -0.39 is 0 Å². The fourth-order valence-corrected chi connectivity index (χ4v) is 3.44. The topological polar surface area (TPSA) is 64.1 Å². The molecule has 0 radical (unpaired) electrons. The lowest BCUT2D eigenvalue weighted by molar-refractivity contribution is -0.116. The molecule has 7 heteroatoms. The van der Waals surface area contributed by atoms with Gasteiger partial charge < -0.3 is 10.1 Å². The minimum Gasteiger partial charge on any atom is -0.496 e. The van der Waals surface area contributed by atoms with Crippen molar-refractivity contribution in [3.63, 3.8) is 0 Å². The van der Waals surface area contributed by atoms with Crippen molar-refractivity contribution in [2.24, 2.45) is 0 Å². The first kappa shape index (κ1) is 17.4. The fourth-order valence-electron chi connectivity index (χ4n) is 2.36. The molecule has 25 heavy (non-hydrogen) atoms. The maximum Gasteiger partial charge on any atom is 0.226 e. The van der Waals surface area contributed by atoms with Crippen molar-refractivity contribution in [3.8, 4) is 16.3 Å². The number of anilines is 1. The van der Waals surface area contributed by atoms with Gasteiger partial charge in [0.1, 0.15) is 5.75 Å². The van der Waals surface area contributed by atoms with Crippen LogP contribution in [-0.2, 0) is 11.2 Å². The van der Waals surface area contributed by atoms with Gasteiger partial charge in [-0.3, -0.25) is 4.79 Å². The number of para-hydroxylation sites is 1. The van der Waals surface area contributed by atoms with E-state index in [1.54, 1.807) is 13.2 Å². The van der Waals surface area contributed by atoms with Crippen molar-refractivity contribution >= 4 is 34.0 Å². The van der Waals surface area contributed by atoms with Crippen LogP contribution in [0.1, 0.15) is 12.0 Å². The van der Waals surface area contributed by atoms with E-state index >= 15 is 0 Å². The van der Waals surface area contributed by atoms with Crippen molar-refractivity contribution < 1.29 is 9.53 Å². The molecule has 128 valence electrons. The summed E-state index contributed by atoms with van der Waals surface area (Å²) in [5, 5.41) is 12.6. The third-order valence-electron chi connectivity index (χ3n) is 3.59. The molecule has 0 unspecified atom stereocenters. The number of hydrogen-bond donors (Lipinski definition) is 1. The van der Waals surface area contributed by atoms with Gasteiger partial charge in [-0.05, 0) is 24.1 Å². The monoisotopic (exact) mass is 373 g/mol. The molecular weight excluding hydrogens is 358 g/mol. The number of aryl methyl sites for hydroxylation is 1. The molecule has 1 aromatic heterocycles. The number of ether oxygens (including phenoxy) is 1. The van der Waals surface area contributed by atoms with Gasteiger partial charge in [-0.15, -0.1) is 10.2 Å². The van der Waals surface area contributed by atoms with E-state index in [1.165, 1.54) is 11.3 Å². The van der Waals surface area contributed by atoms with E-state index in [-0.39, 0.29) is 5.91 Å². The van der Waals surface area contributed by atoms with Crippen LogP contribution >= 0.6 is 22.9 Å². The number of carbonyl (C=O) groups excluding carboxylic acids is 1. The number of amides is 1. The second-order valence-electron chi connectivity index (χ2n) is 5.25. The molecule has 0 saturated carbocycles. The standard InChI is InChI=1S/C18H16ClN3O2S/c1-24-15-9-5-2-6-12(15)10-11-16(23)20-18-22-21-17(25-18)13-7-3-4-8-14(13)19/h2-9H,10-11H2,1H3,(H,20,22,23). The molecule has 3 aromatic rings. The Balaban J connectivity index is 1.61. The maximum absolute atomic E-state index is 12.2. The third-order valence-corrected chi connectivity index (χ3v) is 4.79. The highest BCUT2D eigenvalue weighted by Gasteiger charge is 2.12. The second kappa shape index (κ2) is 8.09. The molecule has 0 fully saturated rings. The van der Waals surface area contributed by atoms with Gasteiger partial charge in [-0.2, -0.15) is 0 Å². The number of carbonyl (C=O) groups is 1. The molecule has 0 atom stereocenters. The quantitative estimate of drug-likeness (QED) is 0.693. The molecule has 0 spiro atoms. The summed E-state index contributed by atoms with van der Waals surface area (Å²) >= 11 is 7.45. The van der Waals surface area contributed by atoms with E-state index in [2.05, 4.69) is 15.5 Å². The van der Waals surface area contributed by atoms with Crippen molar-refractivity contribution in [2.45, 2.75) is 12.8 Å². The Hall–Kier alpha value is -2.44.